The van der Waals surface area contributed by atoms with Crippen molar-refractivity contribution in [2.45, 2.75) is 19.8 Å². The molecule has 5 heteroatoms. The van der Waals surface area contributed by atoms with Crippen molar-refractivity contribution in [3.05, 3.63) is 35.0 Å². The fourth-order valence-electron chi connectivity index (χ4n) is 2.73. The predicted octanol–water partition coefficient (Wildman–Crippen LogP) is 1.78. The predicted molar refractivity (Wildman–Crippen MR) is 77.3 cm³/mol. The summed E-state index contributed by atoms with van der Waals surface area (Å²) in [5.41, 5.74) is 3.65. The summed E-state index contributed by atoms with van der Waals surface area (Å²) in [4.78, 5) is 24.9. The van der Waals surface area contributed by atoms with Crippen LogP contribution in [0.15, 0.2) is 23.9 Å². The largest absolute Gasteiger partial charge is 0.371 e. The standard InChI is InChI=1S/C15H17N3O2/c1-10-8-11(9-12-14(19)17-15(20)16-12)4-5-13(10)18-6-2-3-7-18/h4-5,8-9H,2-3,6-7H2,1H3,(H2,16,17,19,20)/b12-9-. The number of amides is 3. The molecule has 2 fully saturated rings. The van der Waals surface area contributed by atoms with Gasteiger partial charge < -0.3 is 10.2 Å². The molecule has 0 aromatic heterocycles. The molecule has 20 heavy (non-hydrogen) atoms. The summed E-state index contributed by atoms with van der Waals surface area (Å²) in [5.74, 6) is -0.378. The molecular formula is C15H17N3O2. The van der Waals surface area contributed by atoms with Crippen molar-refractivity contribution in [2.24, 2.45) is 0 Å². The van der Waals surface area contributed by atoms with Gasteiger partial charge in [0.2, 0.25) is 0 Å². The highest BCUT2D eigenvalue weighted by Crippen LogP contribution is 2.25. The number of carbonyl (C=O) groups excluding carboxylic acids is 2. The maximum absolute atomic E-state index is 11.5. The number of aryl methyl sites for hydroxylation is 1. The first-order valence-electron chi connectivity index (χ1n) is 6.83. The van der Waals surface area contributed by atoms with Gasteiger partial charge in [-0.25, -0.2) is 4.79 Å². The van der Waals surface area contributed by atoms with E-state index >= 15 is 0 Å². The molecule has 0 aliphatic carbocycles. The first kappa shape index (κ1) is 12.7. The van der Waals surface area contributed by atoms with Crippen LogP contribution >= 0.6 is 0 Å². The quantitative estimate of drug-likeness (QED) is 0.636. The summed E-state index contributed by atoms with van der Waals surface area (Å²) in [6, 6.07) is 5.64. The number of nitrogens with one attached hydrogen (secondary N) is 2. The maximum atomic E-state index is 11.5. The summed E-state index contributed by atoms with van der Waals surface area (Å²) in [5, 5.41) is 4.68. The molecule has 2 heterocycles. The second-order valence-electron chi connectivity index (χ2n) is 5.21. The zero-order valence-corrected chi connectivity index (χ0v) is 11.4. The third-order valence-electron chi connectivity index (χ3n) is 3.70. The van der Waals surface area contributed by atoms with Gasteiger partial charge in [0.05, 0.1) is 0 Å². The second kappa shape index (κ2) is 5.00. The molecule has 0 atom stereocenters. The zero-order chi connectivity index (χ0) is 14.1. The van der Waals surface area contributed by atoms with Gasteiger partial charge in [0.15, 0.2) is 0 Å². The molecule has 0 spiro atoms. The average Bonchev–Trinajstić information content (AvgIpc) is 3.00. The van der Waals surface area contributed by atoms with E-state index in [-0.39, 0.29) is 5.91 Å². The van der Waals surface area contributed by atoms with Crippen LogP contribution in [-0.2, 0) is 4.79 Å². The molecule has 1 aromatic rings. The number of imide groups is 1. The van der Waals surface area contributed by atoms with Crippen LogP contribution in [0.5, 0.6) is 0 Å². The minimum atomic E-state index is -0.466. The minimum Gasteiger partial charge on any atom is -0.371 e. The smallest absolute Gasteiger partial charge is 0.326 e. The van der Waals surface area contributed by atoms with Crippen LogP contribution in [0.4, 0.5) is 10.5 Å². The molecule has 5 nitrogen and oxygen atoms in total. The van der Waals surface area contributed by atoms with Gasteiger partial charge >= 0.3 is 6.03 Å². The Hall–Kier alpha value is -2.30. The Morgan fingerprint density at radius 2 is 1.90 bits per heavy atom. The monoisotopic (exact) mass is 271 g/mol. The van der Waals surface area contributed by atoms with Gasteiger partial charge in [0.1, 0.15) is 5.70 Å². The molecule has 104 valence electrons. The molecule has 2 aliphatic heterocycles. The topological polar surface area (TPSA) is 61.4 Å². The Balaban J connectivity index is 1.85. The van der Waals surface area contributed by atoms with Crippen molar-refractivity contribution in [1.29, 1.82) is 0 Å². The number of carbonyl (C=O) groups is 2. The van der Waals surface area contributed by atoms with Crippen LogP contribution in [0.2, 0.25) is 0 Å². The van der Waals surface area contributed by atoms with Crippen molar-refractivity contribution in [1.82, 2.24) is 10.6 Å². The number of anilines is 1. The van der Waals surface area contributed by atoms with Crippen LogP contribution in [0, 0.1) is 6.92 Å². The number of hydrogen-bond donors (Lipinski definition) is 2. The Kier molecular flexibility index (Phi) is 3.18. The molecule has 0 bridgehead atoms. The van der Waals surface area contributed by atoms with E-state index in [1.807, 2.05) is 12.1 Å². The molecule has 2 aliphatic rings. The van der Waals surface area contributed by atoms with Gasteiger partial charge in [-0.15, -0.1) is 0 Å². The lowest BCUT2D eigenvalue weighted by Crippen LogP contribution is -2.22. The highest BCUT2D eigenvalue weighted by atomic mass is 16.2. The molecule has 2 saturated heterocycles. The Morgan fingerprint density at radius 3 is 2.50 bits per heavy atom. The molecule has 2 N–H and O–H groups in total. The van der Waals surface area contributed by atoms with Gasteiger partial charge in [-0.05, 0) is 49.1 Å². The lowest BCUT2D eigenvalue weighted by Gasteiger charge is -2.20. The molecule has 1 aromatic carbocycles. The van der Waals surface area contributed by atoms with Crippen molar-refractivity contribution in [3.63, 3.8) is 0 Å². The van der Waals surface area contributed by atoms with E-state index in [4.69, 9.17) is 0 Å². The first-order valence-corrected chi connectivity index (χ1v) is 6.83. The van der Waals surface area contributed by atoms with E-state index in [2.05, 4.69) is 28.5 Å². The van der Waals surface area contributed by atoms with Crippen LogP contribution in [0.1, 0.15) is 24.0 Å². The molecule has 3 amide bonds. The third kappa shape index (κ3) is 2.39. The van der Waals surface area contributed by atoms with Gasteiger partial charge in [-0.3, -0.25) is 10.1 Å². The normalized spacial score (nSPS) is 20.4. The van der Waals surface area contributed by atoms with Crippen LogP contribution in [-0.4, -0.2) is 25.0 Å². The van der Waals surface area contributed by atoms with Crippen LogP contribution in [0.3, 0.4) is 0 Å². The van der Waals surface area contributed by atoms with E-state index in [9.17, 15) is 9.59 Å². The minimum absolute atomic E-state index is 0.295. The lowest BCUT2D eigenvalue weighted by atomic mass is 10.1. The van der Waals surface area contributed by atoms with E-state index in [1.54, 1.807) is 6.08 Å². The summed E-state index contributed by atoms with van der Waals surface area (Å²) in [6.45, 7) is 4.29. The maximum Gasteiger partial charge on any atom is 0.326 e. The number of benzene rings is 1. The molecule has 0 saturated carbocycles. The number of rotatable bonds is 2. The summed E-state index contributed by atoms with van der Waals surface area (Å²) in [7, 11) is 0. The third-order valence-corrected chi connectivity index (χ3v) is 3.70. The number of nitrogens with zero attached hydrogens (tertiary/aromatic N) is 1. The van der Waals surface area contributed by atoms with Crippen molar-refractivity contribution >= 4 is 23.7 Å². The van der Waals surface area contributed by atoms with Gasteiger partial charge in [0, 0.05) is 18.8 Å². The summed E-state index contributed by atoms with van der Waals surface area (Å²) < 4.78 is 0. The van der Waals surface area contributed by atoms with E-state index in [0.29, 0.717) is 5.70 Å². The second-order valence-corrected chi connectivity index (χ2v) is 5.21. The highest BCUT2D eigenvalue weighted by Gasteiger charge is 2.22. The zero-order valence-electron chi connectivity index (χ0n) is 11.4. The van der Waals surface area contributed by atoms with Gasteiger partial charge in [-0.2, -0.15) is 0 Å². The van der Waals surface area contributed by atoms with Gasteiger partial charge in [0.25, 0.3) is 5.91 Å². The SMILES string of the molecule is Cc1cc(/C=C2\NC(=O)NC2=O)ccc1N1CCCC1. The van der Waals surface area contributed by atoms with Crippen LogP contribution < -0.4 is 15.5 Å². The average molecular weight is 271 g/mol. The van der Waals surface area contributed by atoms with Crippen molar-refractivity contribution < 1.29 is 9.59 Å². The summed E-state index contributed by atoms with van der Waals surface area (Å²) in [6.07, 6.45) is 4.19. The van der Waals surface area contributed by atoms with Crippen molar-refractivity contribution in [3.8, 4) is 0 Å². The number of urea groups is 1. The Bertz CT molecular complexity index is 601. The van der Waals surface area contributed by atoms with E-state index in [1.165, 1.54) is 24.1 Å². The molecule has 0 radical (unpaired) electrons. The fourth-order valence-corrected chi connectivity index (χ4v) is 2.73. The van der Waals surface area contributed by atoms with E-state index < -0.39 is 6.03 Å². The Labute approximate surface area is 117 Å². The van der Waals surface area contributed by atoms with Crippen LogP contribution in [0.25, 0.3) is 6.08 Å². The summed E-state index contributed by atoms with van der Waals surface area (Å²) >= 11 is 0. The first-order chi connectivity index (χ1) is 9.63. The fraction of sp³-hybridized carbons (Fsp3) is 0.333. The van der Waals surface area contributed by atoms with E-state index in [0.717, 1.165) is 18.7 Å². The van der Waals surface area contributed by atoms with Crippen molar-refractivity contribution in [2.75, 3.05) is 18.0 Å². The highest BCUT2D eigenvalue weighted by molar-refractivity contribution is 6.14. The van der Waals surface area contributed by atoms with Gasteiger partial charge in [-0.1, -0.05) is 6.07 Å². The molecule has 3 rings (SSSR count). The molecular weight excluding hydrogens is 254 g/mol. The lowest BCUT2D eigenvalue weighted by molar-refractivity contribution is -0.115. The molecule has 0 unspecified atom stereocenters. The number of hydrogen-bond acceptors (Lipinski definition) is 3. The Morgan fingerprint density at radius 1 is 1.15 bits per heavy atom.